The van der Waals surface area contributed by atoms with Crippen molar-refractivity contribution in [3.05, 3.63) is 0 Å². The van der Waals surface area contributed by atoms with Crippen LogP contribution < -0.4 is 0 Å². The van der Waals surface area contributed by atoms with Crippen LogP contribution in [0.15, 0.2) is 0 Å². The molecule has 105 heavy (non-hydrogen) atoms. The quantitative estimate of drug-likeness (QED) is 0.0346. The maximum atomic E-state index is 11.9. The van der Waals surface area contributed by atoms with Gasteiger partial charge in [0.05, 0.1) is 46.2 Å². The monoisotopic (exact) mass is 1540 g/mol. The first-order valence-corrected chi connectivity index (χ1v) is 31.9. The number of carboxylic acid groups (broad SMARTS) is 7. The molecule has 21 rings (SSSR count). The van der Waals surface area contributed by atoms with E-state index < -0.39 is 349 Å². The highest BCUT2D eigenvalue weighted by Crippen LogP contribution is 2.40. The summed E-state index contributed by atoms with van der Waals surface area (Å²) in [7, 11) is 0. The Morgan fingerprint density at radius 3 is 0.381 bits per heavy atom. The van der Waals surface area contributed by atoms with E-state index in [4.69, 9.17) is 99.5 Å². The Morgan fingerprint density at radius 2 is 0.286 bits per heavy atom. The molecule has 49 nitrogen and oxygen atoms in total. The maximum Gasteiger partial charge on any atom is 0.329 e. The van der Waals surface area contributed by atoms with E-state index in [2.05, 4.69) is 0 Å². The van der Waals surface area contributed by atoms with Gasteiger partial charge in [-0.1, -0.05) is 0 Å². The van der Waals surface area contributed by atoms with Gasteiger partial charge in [0.2, 0.25) is 0 Å². The molecule has 0 aromatic carbocycles. The number of carboxylic acids is 7. The summed E-state index contributed by atoms with van der Waals surface area (Å²) in [5.41, 5.74) is 0. The second-order valence-corrected chi connectivity index (χ2v) is 24.7. The largest absolute Gasteiger partial charge is 0.480 e. The summed E-state index contributed by atoms with van der Waals surface area (Å²) in [6.07, 6.45) is -79.3. The number of ether oxygens (including phenoxy) is 21. The first kappa shape index (κ1) is 85.5. The lowest BCUT2D eigenvalue weighted by molar-refractivity contribution is -0.397. The second kappa shape index (κ2) is 39.0. The van der Waals surface area contributed by atoms with E-state index >= 15 is 0 Å². The molecule has 21 aliphatic rings. The van der Waals surface area contributed by atoms with Crippen molar-refractivity contribution in [3.63, 3.8) is 0 Å². The lowest BCUT2D eigenvalue weighted by Gasteiger charge is -2.50. The van der Waals surface area contributed by atoms with Gasteiger partial charge in [-0.05, 0) is 0 Å². The average Bonchev–Trinajstić information content (AvgIpc) is 0.785. The smallest absolute Gasteiger partial charge is 0.329 e. The van der Waals surface area contributed by atoms with Crippen LogP contribution in [0, 0.1) is 0 Å². The highest BCUT2D eigenvalue weighted by Gasteiger charge is 2.60. The van der Waals surface area contributed by atoms with Gasteiger partial charge in [0.15, 0.2) is 44.0 Å². The Labute approximate surface area is 588 Å². The highest BCUT2D eigenvalue weighted by molar-refractivity contribution is 5.69. The summed E-state index contributed by atoms with van der Waals surface area (Å²) in [6.45, 7) is -14.7. The molecule has 14 bridgehead atoms. The molecule has 0 aliphatic carbocycles. The molecule has 21 saturated heterocycles. The summed E-state index contributed by atoms with van der Waals surface area (Å²) >= 11 is 0. The van der Waals surface area contributed by atoms with Crippen LogP contribution in [0.1, 0.15) is 0 Å². The molecule has 49 heteroatoms. The number of aliphatic hydroxyl groups excluding tert-OH is 14. The van der Waals surface area contributed by atoms with Gasteiger partial charge in [0.25, 0.3) is 0 Å². The molecular formula is C56H84O49. The molecule has 0 spiro atoms. The van der Waals surface area contributed by atoms with Gasteiger partial charge in [0.1, 0.15) is 217 Å². The summed E-state index contributed by atoms with van der Waals surface area (Å²) in [5, 5.41) is 232. The molecule has 0 amide bonds. The Hall–Kier alpha value is -5.11. The summed E-state index contributed by atoms with van der Waals surface area (Å²) in [4.78, 5) is 81.8. The fourth-order valence-corrected chi connectivity index (χ4v) is 12.2. The minimum atomic E-state index is -2.47. The van der Waals surface area contributed by atoms with Crippen molar-refractivity contribution in [1.82, 2.24) is 0 Å². The van der Waals surface area contributed by atoms with Gasteiger partial charge in [-0.15, -0.1) is 0 Å². The van der Waals surface area contributed by atoms with Crippen LogP contribution >= 0.6 is 0 Å². The van der Waals surface area contributed by atoms with Gasteiger partial charge < -0.3 is 207 Å². The van der Waals surface area contributed by atoms with E-state index in [1.165, 1.54) is 0 Å². The van der Waals surface area contributed by atoms with Crippen LogP contribution in [-0.4, -0.2) is 456 Å². The summed E-state index contributed by atoms with van der Waals surface area (Å²) < 4.78 is 119. The fourth-order valence-electron chi connectivity index (χ4n) is 12.2. The van der Waals surface area contributed by atoms with Gasteiger partial charge in [-0.25, -0.2) is 33.6 Å². The molecule has 21 aliphatic heterocycles. The van der Waals surface area contributed by atoms with Crippen LogP contribution in [0.3, 0.4) is 0 Å². The number of carbonyl (C=O) groups is 7. The van der Waals surface area contributed by atoms with Crippen LogP contribution in [0.4, 0.5) is 0 Å². The van der Waals surface area contributed by atoms with Crippen molar-refractivity contribution >= 4 is 41.8 Å². The van der Waals surface area contributed by atoms with Gasteiger partial charge in [-0.2, -0.15) is 0 Å². The Kier molecular flexibility index (Phi) is 31.8. The number of hydrogen-bond acceptors (Lipinski definition) is 42. The molecule has 0 aromatic rings. The van der Waals surface area contributed by atoms with Gasteiger partial charge in [-0.3, -0.25) is 0 Å². The van der Waals surface area contributed by atoms with E-state index in [0.29, 0.717) is 0 Å². The number of aliphatic hydroxyl groups is 14. The standard InChI is InChI=1S/C56H84O49/c57-22(58)8-85-1-15-43-29(71)36(78)50(92-15)100-44-16(2-86-9-23(59)60)94-52(38(80)31(44)73)102-46-18(4-88-11-25(63)64)96-54(40(82)33(46)75)104-48-20(6-90-13-27(67)68)98-56(42(84)35(48)77)105-49-21(7-91-14-28(69)70)97-55(41(83)34(49)76)103-47-19(5-89-12-26(65)66)95-53(39(81)32(47)74)101-45-17(3-87-10-24(61)62)93-51(99-43)37(79)30(45)72/h15-21,29-56,71-84H,1-14H2,(H,57,58)(H,59,60)(H,61,62)(H,63,64)(H,65,66)(H,67,68)(H,69,70)/t15-,16-,17-,18-,19-,20-,21-,29+,30+,31+,32+,33+,34+,35+,36+,37+,38+,39+,40+,41+,42+,43-,44-,45-,46-,47-,48-,49-,50-,51-,52-,53-,54-,55-,56-/m1/s1. The lowest BCUT2D eigenvalue weighted by atomic mass is 9.95. The number of hydrogen-bond donors (Lipinski definition) is 21. The molecule has 0 radical (unpaired) electrons. The predicted octanol–water partition coefficient (Wildman–Crippen LogP) is -14.5. The number of aliphatic carboxylic acids is 7. The van der Waals surface area contributed by atoms with Crippen molar-refractivity contribution in [1.29, 1.82) is 0 Å². The van der Waals surface area contributed by atoms with E-state index in [1.807, 2.05) is 0 Å². The normalized spacial score (nSPS) is 43.5. The van der Waals surface area contributed by atoms with E-state index in [-0.39, 0.29) is 0 Å². The zero-order valence-electron chi connectivity index (χ0n) is 54.4. The number of rotatable bonds is 28. The van der Waals surface area contributed by atoms with Crippen LogP contribution in [0.25, 0.3) is 0 Å². The Morgan fingerprint density at radius 1 is 0.181 bits per heavy atom. The summed E-state index contributed by atoms with van der Waals surface area (Å²) in [5.74, 6) is -11.2. The zero-order chi connectivity index (χ0) is 77.0. The SMILES string of the molecule is O=C(O)COC[C@H]1O[C@@H]2O[C@H]3[C@@H](O)[C@H](O)[C@@H](O[C@H]4[C@@H](O)[C@H](O)[C@@H](O[C@H]5[C@@H](O)[C@H](O)[C@@H](O[C@H]6[C@@H](O)[C@H](O)[C@@H](O[C@H]7[C@@H](O)[C@H](O)[C@@H](O[C@H]8[C@@H](O)[C@H](O)[C@@H](O[C@H]1[C@@H](O)[C@@H]2O)O[C@@H]8COCC(=O)O)O[C@@H]7COCC(=O)O)O[C@@H]6COCC(=O)O)O[C@@H]5COCC(=O)O)O[C@@H]4COCC(=O)O)O[C@@H]3COCC(=O)O. The zero-order valence-corrected chi connectivity index (χ0v) is 54.4. The maximum absolute atomic E-state index is 11.9. The Bertz CT molecular complexity index is 2300. The van der Waals surface area contributed by atoms with Crippen LogP contribution in [-0.2, 0) is 133 Å². The Balaban J connectivity index is 1.20. The molecule has 35 atom stereocenters. The molecule has 0 aromatic heterocycles. The lowest BCUT2D eigenvalue weighted by Crippen LogP contribution is -2.68. The minimum absolute atomic E-state index is 0.985. The van der Waals surface area contributed by atoms with Gasteiger partial charge >= 0.3 is 41.8 Å². The molecule has 0 saturated carbocycles. The van der Waals surface area contributed by atoms with Crippen molar-refractivity contribution in [3.8, 4) is 0 Å². The average molecular weight is 1540 g/mol. The first-order chi connectivity index (χ1) is 49.6. The van der Waals surface area contributed by atoms with E-state index in [1.54, 1.807) is 0 Å². The van der Waals surface area contributed by atoms with Crippen molar-refractivity contribution in [2.24, 2.45) is 0 Å². The summed E-state index contributed by atoms with van der Waals surface area (Å²) in [6, 6.07) is 0. The third-order valence-corrected chi connectivity index (χ3v) is 17.1. The van der Waals surface area contributed by atoms with Crippen molar-refractivity contribution < 1.29 is 240 Å². The predicted molar refractivity (Wildman–Crippen MR) is 308 cm³/mol. The molecule has 21 fully saturated rings. The topological polar surface area (TPSA) is 738 Å². The minimum Gasteiger partial charge on any atom is -0.480 e. The second-order valence-electron chi connectivity index (χ2n) is 24.7. The van der Waals surface area contributed by atoms with Crippen molar-refractivity contribution in [2.75, 3.05) is 92.5 Å². The van der Waals surface area contributed by atoms with Crippen LogP contribution in [0.2, 0.25) is 0 Å². The molecule has 602 valence electrons. The first-order valence-electron chi connectivity index (χ1n) is 31.9. The molecular weight excluding hydrogens is 1460 g/mol. The van der Waals surface area contributed by atoms with Crippen molar-refractivity contribution in [2.45, 2.75) is 215 Å². The highest BCUT2D eigenvalue weighted by atomic mass is 16.8. The van der Waals surface area contributed by atoms with Crippen LogP contribution in [0.5, 0.6) is 0 Å². The van der Waals surface area contributed by atoms with Gasteiger partial charge in [0, 0.05) is 0 Å². The molecule has 21 heterocycles. The van der Waals surface area contributed by atoms with E-state index in [0.717, 1.165) is 0 Å². The fraction of sp³-hybridized carbons (Fsp3) is 0.875. The molecule has 0 unspecified atom stereocenters. The molecule has 21 N–H and O–H groups in total. The third-order valence-electron chi connectivity index (χ3n) is 17.1. The van der Waals surface area contributed by atoms with E-state index in [9.17, 15) is 141 Å². The third kappa shape index (κ3) is 22.1.